The first-order chi connectivity index (χ1) is 15.4. The molecule has 1 atom stereocenters. The Morgan fingerprint density at radius 3 is 2.50 bits per heavy atom. The van der Waals surface area contributed by atoms with Crippen molar-refractivity contribution in [3.63, 3.8) is 0 Å². The number of ketones is 1. The van der Waals surface area contributed by atoms with Crippen LogP contribution in [0, 0.1) is 0 Å². The highest BCUT2D eigenvalue weighted by molar-refractivity contribution is 6.15. The molecule has 2 heterocycles. The molecule has 7 nitrogen and oxygen atoms in total. The van der Waals surface area contributed by atoms with E-state index >= 15 is 0 Å². The zero-order valence-electron chi connectivity index (χ0n) is 18.3. The molecule has 2 aliphatic heterocycles. The third-order valence-electron chi connectivity index (χ3n) is 6.30. The van der Waals surface area contributed by atoms with E-state index in [-0.39, 0.29) is 30.4 Å². The Balaban J connectivity index is 1.53. The van der Waals surface area contributed by atoms with Crippen molar-refractivity contribution in [2.75, 3.05) is 18.6 Å². The van der Waals surface area contributed by atoms with Gasteiger partial charge in [-0.15, -0.1) is 0 Å². The maximum atomic E-state index is 13.3. The average Bonchev–Trinajstić information content (AvgIpc) is 3.18. The van der Waals surface area contributed by atoms with E-state index in [0.29, 0.717) is 16.8 Å². The number of rotatable bonds is 7. The largest absolute Gasteiger partial charge is 0.454 e. The van der Waals surface area contributed by atoms with Gasteiger partial charge in [-0.05, 0) is 30.5 Å². The van der Waals surface area contributed by atoms with Crippen LogP contribution in [0.3, 0.4) is 0 Å². The predicted molar refractivity (Wildman–Crippen MR) is 118 cm³/mol. The Hall–Kier alpha value is -3.48. The van der Waals surface area contributed by atoms with Gasteiger partial charge in [0.2, 0.25) is 11.6 Å². The van der Waals surface area contributed by atoms with Crippen molar-refractivity contribution in [1.29, 1.82) is 0 Å². The fourth-order valence-corrected chi connectivity index (χ4v) is 4.46. The predicted octanol–water partition coefficient (Wildman–Crippen LogP) is 3.36. The second-order valence-electron chi connectivity index (χ2n) is 8.23. The summed E-state index contributed by atoms with van der Waals surface area (Å²) in [6.07, 6.45) is 3.35. The van der Waals surface area contributed by atoms with Crippen LogP contribution < -0.4 is 4.90 Å². The number of amides is 2. The van der Waals surface area contributed by atoms with E-state index in [1.165, 1.54) is 16.8 Å². The third kappa shape index (κ3) is 3.47. The third-order valence-corrected chi connectivity index (χ3v) is 6.30. The molecule has 0 saturated carbocycles. The Morgan fingerprint density at radius 1 is 1.06 bits per heavy atom. The molecule has 0 N–H and O–H groups in total. The number of benzene rings is 2. The number of unbranched alkanes of at least 4 members (excludes halogenated alkanes) is 1. The van der Waals surface area contributed by atoms with E-state index in [1.807, 2.05) is 12.1 Å². The number of hydrogen-bond donors (Lipinski definition) is 0. The number of hydrogen-bond acceptors (Lipinski definition) is 5. The van der Waals surface area contributed by atoms with Gasteiger partial charge in [-0.1, -0.05) is 49.7 Å². The highest BCUT2D eigenvalue weighted by Gasteiger charge is 2.60. The van der Waals surface area contributed by atoms with Gasteiger partial charge in [0.1, 0.15) is 0 Å². The summed E-state index contributed by atoms with van der Waals surface area (Å²) in [6.45, 7) is 1.67. The van der Waals surface area contributed by atoms with Crippen LogP contribution in [0.4, 0.5) is 5.69 Å². The van der Waals surface area contributed by atoms with Crippen LogP contribution >= 0.6 is 0 Å². The molecule has 32 heavy (non-hydrogen) atoms. The molecule has 2 aromatic rings. The Bertz CT molecular complexity index is 1080. The zero-order valence-corrected chi connectivity index (χ0v) is 18.3. The summed E-state index contributed by atoms with van der Waals surface area (Å²) in [4.78, 5) is 54.2. The summed E-state index contributed by atoms with van der Waals surface area (Å²) in [7, 11) is 1.49. The lowest BCUT2D eigenvalue weighted by atomic mass is 9.97. The van der Waals surface area contributed by atoms with Gasteiger partial charge in [-0.3, -0.25) is 19.3 Å². The Kier molecular flexibility index (Phi) is 5.82. The zero-order chi connectivity index (χ0) is 22.9. The number of nitrogens with zero attached hydrogens (tertiary/aromatic N) is 2. The standard InChI is InChI=1S/C25H26N2O5/c1-3-4-7-17-10-12-18(13-11-17)21(28)16-32-24(31)25-15-14-22(29)27(25)20-9-6-5-8-19(20)23(30)26(25)2/h5-6,8-13H,3-4,7,14-16H2,1-2H3. The lowest BCUT2D eigenvalue weighted by Crippen LogP contribution is -2.67. The first kappa shape index (κ1) is 21.7. The van der Waals surface area contributed by atoms with Crippen LogP contribution in [0.25, 0.3) is 0 Å². The number of carbonyl (C=O) groups excluding carboxylic acids is 4. The van der Waals surface area contributed by atoms with Gasteiger partial charge in [0, 0.05) is 25.5 Å². The van der Waals surface area contributed by atoms with Crippen LogP contribution in [0.1, 0.15) is 58.9 Å². The van der Waals surface area contributed by atoms with Crippen LogP contribution in [0.2, 0.25) is 0 Å². The molecule has 0 bridgehead atoms. The summed E-state index contributed by atoms with van der Waals surface area (Å²) in [5.74, 6) is -1.74. The fraction of sp³-hybridized carbons (Fsp3) is 0.360. The van der Waals surface area contributed by atoms with Crippen LogP contribution in [0.5, 0.6) is 0 Å². The van der Waals surface area contributed by atoms with E-state index in [1.54, 1.807) is 36.4 Å². The number of likely N-dealkylation sites (N-methyl/N-ethyl adjacent to an activating group) is 1. The quantitative estimate of drug-likeness (QED) is 0.493. The molecule has 0 radical (unpaired) electrons. The van der Waals surface area contributed by atoms with Crippen molar-refractivity contribution >= 4 is 29.3 Å². The average molecular weight is 434 g/mol. The first-order valence-corrected chi connectivity index (χ1v) is 10.9. The summed E-state index contributed by atoms with van der Waals surface area (Å²) >= 11 is 0. The Labute approximate surface area is 187 Å². The molecule has 2 amide bonds. The van der Waals surface area contributed by atoms with Crippen molar-refractivity contribution in [2.24, 2.45) is 0 Å². The molecule has 1 fully saturated rings. The van der Waals surface area contributed by atoms with Gasteiger partial charge in [0.15, 0.2) is 12.4 Å². The molecular formula is C25H26N2O5. The van der Waals surface area contributed by atoms with Crippen LogP contribution in [0.15, 0.2) is 48.5 Å². The van der Waals surface area contributed by atoms with Gasteiger partial charge in [0.05, 0.1) is 11.3 Å². The van der Waals surface area contributed by atoms with Gasteiger partial charge >= 0.3 is 5.97 Å². The number of fused-ring (bicyclic) bond motifs is 3. The van der Waals surface area contributed by atoms with Crippen molar-refractivity contribution in [3.8, 4) is 0 Å². The number of anilines is 1. The molecule has 4 rings (SSSR count). The van der Waals surface area contributed by atoms with Crippen LogP contribution in [-0.2, 0) is 20.7 Å². The first-order valence-electron chi connectivity index (χ1n) is 10.9. The van der Waals surface area contributed by atoms with Crippen molar-refractivity contribution in [3.05, 3.63) is 65.2 Å². The van der Waals surface area contributed by atoms with Crippen molar-refractivity contribution < 1.29 is 23.9 Å². The summed E-state index contributed by atoms with van der Waals surface area (Å²) in [5, 5.41) is 0. The number of ether oxygens (including phenoxy) is 1. The smallest absolute Gasteiger partial charge is 0.354 e. The lowest BCUT2D eigenvalue weighted by molar-refractivity contribution is -0.155. The molecule has 2 aromatic carbocycles. The van der Waals surface area contributed by atoms with Crippen molar-refractivity contribution in [1.82, 2.24) is 4.90 Å². The van der Waals surface area contributed by atoms with Crippen molar-refractivity contribution in [2.45, 2.75) is 44.7 Å². The van der Waals surface area contributed by atoms with Gasteiger partial charge in [-0.2, -0.15) is 0 Å². The second-order valence-corrected chi connectivity index (χ2v) is 8.23. The number of esters is 1. The highest BCUT2D eigenvalue weighted by Crippen LogP contribution is 2.44. The maximum Gasteiger partial charge on any atom is 0.354 e. The van der Waals surface area contributed by atoms with Gasteiger partial charge in [0.25, 0.3) is 5.91 Å². The second kappa shape index (κ2) is 8.57. The molecule has 1 unspecified atom stereocenters. The van der Waals surface area contributed by atoms with Gasteiger partial charge in [-0.25, -0.2) is 4.79 Å². The fourth-order valence-electron chi connectivity index (χ4n) is 4.46. The minimum Gasteiger partial charge on any atom is -0.454 e. The number of carbonyl (C=O) groups is 4. The van der Waals surface area contributed by atoms with E-state index in [9.17, 15) is 19.2 Å². The molecule has 0 aromatic heterocycles. The molecule has 166 valence electrons. The molecular weight excluding hydrogens is 408 g/mol. The number of aryl methyl sites for hydroxylation is 1. The van der Waals surface area contributed by atoms with E-state index < -0.39 is 18.2 Å². The summed E-state index contributed by atoms with van der Waals surface area (Å²) < 4.78 is 5.40. The topological polar surface area (TPSA) is 84.0 Å². The highest BCUT2D eigenvalue weighted by atomic mass is 16.5. The van der Waals surface area contributed by atoms with Crippen LogP contribution in [-0.4, -0.2) is 47.8 Å². The molecule has 1 saturated heterocycles. The number of Topliss-reactive ketones (excluding diaryl/α,β-unsaturated/α-hetero) is 1. The lowest BCUT2D eigenvalue weighted by Gasteiger charge is -2.46. The maximum absolute atomic E-state index is 13.3. The van der Waals surface area contributed by atoms with Gasteiger partial charge < -0.3 is 9.64 Å². The monoisotopic (exact) mass is 434 g/mol. The Morgan fingerprint density at radius 2 is 1.78 bits per heavy atom. The summed E-state index contributed by atoms with van der Waals surface area (Å²) in [6, 6.07) is 14.0. The molecule has 0 spiro atoms. The number of para-hydroxylation sites is 1. The van der Waals surface area contributed by atoms with E-state index in [4.69, 9.17) is 4.74 Å². The molecule has 2 aliphatic rings. The normalized spacial score (nSPS) is 19.6. The molecule has 0 aliphatic carbocycles. The molecule has 7 heteroatoms. The van der Waals surface area contributed by atoms with E-state index in [2.05, 4.69) is 6.92 Å². The SMILES string of the molecule is CCCCc1ccc(C(=O)COC(=O)C23CCC(=O)N2c2ccccc2C(=O)N3C)cc1. The summed E-state index contributed by atoms with van der Waals surface area (Å²) in [5.41, 5.74) is 0.776. The minimum absolute atomic E-state index is 0.105. The van der Waals surface area contributed by atoms with E-state index in [0.717, 1.165) is 24.8 Å². The minimum atomic E-state index is -1.58.